The van der Waals surface area contributed by atoms with Gasteiger partial charge in [0.1, 0.15) is 6.54 Å². The van der Waals surface area contributed by atoms with Crippen molar-refractivity contribution >= 4 is 21.6 Å². The molecule has 0 fully saturated rings. The first-order valence-electron chi connectivity index (χ1n) is 10.1. The zero-order valence-electron chi connectivity index (χ0n) is 18.0. The number of carbonyl (C=O) groups is 1. The Hall–Kier alpha value is -3.19. The average molecular weight is 438 g/mol. The smallest absolute Gasteiger partial charge is 0.264 e. The van der Waals surface area contributed by atoms with Gasteiger partial charge in [0.25, 0.3) is 10.0 Å². The van der Waals surface area contributed by atoms with Crippen LogP contribution in [0.5, 0.6) is 0 Å². The summed E-state index contributed by atoms with van der Waals surface area (Å²) in [5.74, 6) is -0.356. The van der Waals surface area contributed by atoms with Gasteiger partial charge >= 0.3 is 0 Å². The van der Waals surface area contributed by atoms with E-state index in [-0.39, 0.29) is 17.3 Å². The van der Waals surface area contributed by atoms with Gasteiger partial charge in [-0.2, -0.15) is 0 Å². The van der Waals surface area contributed by atoms with Crippen molar-refractivity contribution in [3.63, 3.8) is 0 Å². The summed E-state index contributed by atoms with van der Waals surface area (Å²) in [6.45, 7) is 5.80. The van der Waals surface area contributed by atoms with Gasteiger partial charge in [-0.25, -0.2) is 8.42 Å². The largest absolute Gasteiger partial charge is 0.354 e. The summed E-state index contributed by atoms with van der Waals surface area (Å²) in [5.41, 5.74) is 4.30. The third kappa shape index (κ3) is 5.49. The number of pyridine rings is 1. The monoisotopic (exact) mass is 437 g/mol. The summed E-state index contributed by atoms with van der Waals surface area (Å²) in [6.07, 6.45) is 4.05. The fourth-order valence-electron chi connectivity index (χ4n) is 3.22. The number of amides is 1. The number of carbonyl (C=O) groups excluding carboxylic acids is 1. The van der Waals surface area contributed by atoms with E-state index in [1.807, 2.05) is 39.0 Å². The Bertz CT molecular complexity index is 1140. The molecule has 0 aliphatic heterocycles. The lowest BCUT2D eigenvalue weighted by molar-refractivity contribution is -0.119. The maximum Gasteiger partial charge on any atom is 0.264 e. The number of aryl methyl sites for hydroxylation is 2. The van der Waals surface area contributed by atoms with Crippen molar-refractivity contribution in [3.8, 4) is 0 Å². The minimum absolute atomic E-state index is 0.156. The maximum absolute atomic E-state index is 13.5. The summed E-state index contributed by atoms with van der Waals surface area (Å²) in [6, 6.07) is 15.9. The van der Waals surface area contributed by atoms with E-state index in [0.717, 1.165) is 22.3 Å². The molecule has 0 spiro atoms. The van der Waals surface area contributed by atoms with Gasteiger partial charge in [-0.05, 0) is 74.2 Å². The van der Waals surface area contributed by atoms with Crippen LogP contribution in [0.15, 0.2) is 71.9 Å². The standard InChI is InChI=1S/C24H27N3O3S/c1-18-7-9-22(10-8-18)31(29,30)27(23-6-4-5-19(2)20(23)3)17-24(28)26-16-13-21-11-14-25-15-12-21/h4-12,14-15H,13,16-17H2,1-3H3,(H,26,28). The molecular weight excluding hydrogens is 410 g/mol. The summed E-state index contributed by atoms with van der Waals surface area (Å²) in [7, 11) is -3.92. The van der Waals surface area contributed by atoms with E-state index in [1.54, 1.807) is 48.8 Å². The van der Waals surface area contributed by atoms with Crippen molar-refractivity contribution in [1.29, 1.82) is 0 Å². The van der Waals surface area contributed by atoms with Crippen LogP contribution in [-0.2, 0) is 21.2 Å². The van der Waals surface area contributed by atoms with Crippen molar-refractivity contribution in [1.82, 2.24) is 10.3 Å². The number of aromatic nitrogens is 1. The zero-order chi connectivity index (χ0) is 22.4. The van der Waals surface area contributed by atoms with Crippen LogP contribution in [0.2, 0.25) is 0 Å². The van der Waals surface area contributed by atoms with Crippen molar-refractivity contribution in [2.45, 2.75) is 32.1 Å². The molecule has 0 aliphatic rings. The molecule has 0 saturated heterocycles. The number of nitrogens with one attached hydrogen (secondary N) is 1. The third-order valence-electron chi connectivity index (χ3n) is 5.23. The summed E-state index contributed by atoms with van der Waals surface area (Å²) in [4.78, 5) is 16.8. The first-order valence-corrected chi connectivity index (χ1v) is 11.5. The first kappa shape index (κ1) is 22.5. The van der Waals surface area contributed by atoms with Gasteiger partial charge in [0.2, 0.25) is 5.91 Å². The van der Waals surface area contributed by atoms with Crippen LogP contribution in [0.4, 0.5) is 5.69 Å². The summed E-state index contributed by atoms with van der Waals surface area (Å²) < 4.78 is 28.2. The van der Waals surface area contributed by atoms with Gasteiger partial charge in [-0.15, -0.1) is 0 Å². The molecule has 3 rings (SSSR count). The van der Waals surface area contributed by atoms with Gasteiger partial charge < -0.3 is 5.32 Å². The molecule has 1 heterocycles. The van der Waals surface area contributed by atoms with Crippen molar-refractivity contribution in [2.24, 2.45) is 0 Å². The summed E-state index contributed by atoms with van der Waals surface area (Å²) in [5, 5.41) is 2.83. The van der Waals surface area contributed by atoms with Crippen LogP contribution in [-0.4, -0.2) is 32.4 Å². The lowest BCUT2D eigenvalue weighted by Gasteiger charge is -2.26. The third-order valence-corrected chi connectivity index (χ3v) is 7.00. The Balaban J connectivity index is 1.84. The second-order valence-electron chi connectivity index (χ2n) is 7.50. The fourth-order valence-corrected chi connectivity index (χ4v) is 4.70. The molecule has 0 atom stereocenters. The van der Waals surface area contributed by atoms with Crippen molar-refractivity contribution in [2.75, 3.05) is 17.4 Å². The second kappa shape index (κ2) is 9.75. The molecule has 6 nitrogen and oxygen atoms in total. The van der Waals surface area contributed by atoms with Gasteiger partial charge in [-0.3, -0.25) is 14.1 Å². The minimum Gasteiger partial charge on any atom is -0.354 e. The van der Waals surface area contributed by atoms with E-state index >= 15 is 0 Å². The lowest BCUT2D eigenvalue weighted by Crippen LogP contribution is -2.41. The minimum atomic E-state index is -3.92. The molecule has 31 heavy (non-hydrogen) atoms. The molecular formula is C24H27N3O3S. The summed E-state index contributed by atoms with van der Waals surface area (Å²) >= 11 is 0. The number of rotatable bonds is 8. The number of sulfonamides is 1. The Labute approximate surface area is 184 Å². The average Bonchev–Trinajstić information content (AvgIpc) is 2.75. The van der Waals surface area contributed by atoms with E-state index in [0.29, 0.717) is 18.7 Å². The normalized spacial score (nSPS) is 11.2. The molecule has 0 radical (unpaired) electrons. The SMILES string of the molecule is Cc1ccc(S(=O)(=O)N(CC(=O)NCCc2ccncc2)c2cccc(C)c2C)cc1. The number of anilines is 1. The molecule has 1 aromatic heterocycles. The highest BCUT2D eigenvalue weighted by atomic mass is 32.2. The number of benzene rings is 2. The molecule has 2 aromatic carbocycles. The molecule has 1 amide bonds. The molecule has 0 saturated carbocycles. The van der Waals surface area contributed by atoms with E-state index in [1.165, 1.54) is 4.31 Å². The molecule has 162 valence electrons. The molecule has 0 unspecified atom stereocenters. The quantitative estimate of drug-likeness (QED) is 0.584. The predicted octanol–water partition coefficient (Wildman–Crippen LogP) is 3.56. The van der Waals surface area contributed by atoms with Gasteiger partial charge in [-0.1, -0.05) is 29.8 Å². The Morgan fingerprint density at radius 1 is 0.968 bits per heavy atom. The second-order valence-corrected chi connectivity index (χ2v) is 9.36. The highest BCUT2D eigenvalue weighted by molar-refractivity contribution is 7.92. The number of nitrogens with zero attached hydrogens (tertiary/aromatic N) is 2. The Morgan fingerprint density at radius 2 is 1.65 bits per heavy atom. The predicted molar refractivity (Wildman–Crippen MR) is 123 cm³/mol. The Kier molecular flexibility index (Phi) is 7.07. The van der Waals surface area contributed by atoms with E-state index in [4.69, 9.17) is 0 Å². The zero-order valence-corrected chi connectivity index (χ0v) is 18.8. The van der Waals surface area contributed by atoms with E-state index in [2.05, 4.69) is 10.3 Å². The van der Waals surface area contributed by atoms with Crippen molar-refractivity contribution in [3.05, 3.63) is 89.2 Å². The van der Waals surface area contributed by atoms with E-state index < -0.39 is 10.0 Å². The van der Waals surface area contributed by atoms with Gasteiger partial charge in [0, 0.05) is 18.9 Å². The van der Waals surface area contributed by atoms with Crippen molar-refractivity contribution < 1.29 is 13.2 Å². The highest BCUT2D eigenvalue weighted by Crippen LogP contribution is 2.28. The van der Waals surface area contributed by atoms with Crippen LogP contribution in [0.3, 0.4) is 0 Å². The van der Waals surface area contributed by atoms with Gasteiger partial charge in [0.05, 0.1) is 10.6 Å². The Morgan fingerprint density at radius 3 is 2.32 bits per heavy atom. The van der Waals surface area contributed by atoms with Crippen LogP contribution in [0.25, 0.3) is 0 Å². The van der Waals surface area contributed by atoms with Crippen LogP contribution < -0.4 is 9.62 Å². The molecule has 7 heteroatoms. The maximum atomic E-state index is 13.5. The molecule has 1 N–H and O–H groups in total. The number of hydrogen-bond donors (Lipinski definition) is 1. The van der Waals surface area contributed by atoms with Crippen LogP contribution >= 0.6 is 0 Å². The number of hydrogen-bond acceptors (Lipinski definition) is 4. The topological polar surface area (TPSA) is 79.4 Å². The van der Waals surface area contributed by atoms with Gasteiger partial charge in [0.15, 0.2) is 0 Å². The highest BCUT2D eigenvalue weighted by Gasteiger charge is 2.28. The first-order chi connectivity index (χ1) is 14.8. The molecule has 0 bridgehead atoms. The van der Waals surface area contributed by atoms with E-state index in [9.17, 15) is 13.2 Å². The van der Waals surface area contributed by atoms with Crippen LogP contribution in [0.1, 0.15) is 22.3 Å². The fraction of sp³-hybridized carbons (Fsp3) is 0.250. The molecule has 0 aliphatic carbocycles. The lowest BCUT2D eigenvalue weighted by atomic mass is 10.1. The molecule has 3 aromatic rings. The van der Waals surface area contributed by atoms with Crippen LogP contribution in [0, 0.1) is 20.8 Å².